The fourth-order valence-corrected chi connectivity index (χ4v) is 0.755. The van der Waals surface area contributed by atoms with Gasteiger partial charge in [0.1, 0.15) is 0 Å². The maximum atomic E-state index is 4.70. The smallest absolute Gasteiger partial charge is 0.326 e. The Morgan fingerprint density at radius 2 is 2.36 bits per heavy atom. The summed E-state index contributed by atoms with van der Waals surface area (Å²) < 4.78 is 6.61. The predicted molar refractivity (Wildman–Crippen MR) is 42.8 cm³/mol. The molecule has 0 aliphatic heterocycles. The van der Waals surface area contributed by atoms with Crippen LogP contribution in [0.15, 0.2) is 29.4 Å². The van der Waals surface area contributed by atoms with Gasteiger partial charge in [-0.05, 0) is 11.1 Å². The van der Waals surface area contributed by atoms with E-state index in [9.17, 15) is 0 Å². The number of aliphatic imine (C=N–C) groups is 1. The summed E-state index contributed by atoms with van der Waals surface area (Å²) in [4.78, 5) is 4.04. The standard InChI is InChI=1S/C8H11N2O/c1-10-6-4-3-5-8(10)9-7-11-2/h3-7H,1-2H3/q+1. The second kappa shape index (κ2) is 3.71. The summed E-state index contributed by atoms with van der Waals surface area (Å²) in [7, 11) is 3.51. The van der Waals surface area contributed by atoms with Crippen LogP contribution < -0.4 is 4.57 Å². The van der Waals surface area contributed by atoms with E-state index < -0.39 is 0 Å². The molecular weight excluding hydrogens is 140 g/mol. The van der Waals surface area contributed by atoms with Crippen molar-refractivity contribution in [2.75, 3.05) is 7.11 Å². The van der Waals surface area contributed by atoms with Crippen LogP contribution in [-0.2, 0) is 11.8 Å². The van der Waals surface area contributed by atoms with Gasteiger partial charge in [-0.2, -0.15) is 0 Å². The average molecular weight is 151 g/mol. The number of ether oxygens (including phenoxy) is 1. The van der Waals surface area contributed by atoms with Gasteiger partial charge in [0.05, 0.1) is 20.4 Å². The van der Waals surface area contributed by atoms with Gasteiger partial charge in [-0.15, -0.1) is 0 Å². The lowest BCUT2D eigenvalue weighted by Gasteiger charge is -1.89. The normalized spacial score (nSPS) is 10.4. The molecule has 0 aliphatic rings. The van der Waals surface area contributed by atoms with Gasteiger partial charge in [0.25, 0.3) is 6.40 Å². The zero-order chi connectivity index (χ0) is 8.10. The molecule has 3 nitrogen and oxygen atoms in total. The molecule has 11 heavy (non-hydrogen) atoms. The molecule has 3 heteroatoms. The van der Waals surface area contributed by atoms with Crippen molar-refractivity contribution in [1.82, 2.24) is 0 Å². The summed E-state index contributed by atoms with van der Waals surface area (Å²) in [6.45, 7) is 0. The molecule has 0 unspecified atom stereocenters. The Hall–Kier alpha value is -1.38. The molecule has 0 spiro atoms. The molecule has 1 heterocycles. The van der Waals surface area contributed by atoms with E-state index in [2.05, 4.69) is 4.99 Å². The minimum atomic E-state index is 0.870. The van der Waals surface area contributed by atoms with Crippen molar-refractivity contribution >= 4 is 12.2 Å². The molecule has 0 fully saturated rings. The third-order valence-electron chi connectivity index (χ3n) is 1.32. The molecule has 0 amide bonds. The Labute approximate surface area is 66.0 Å². The molecule has 1 aromatic heterocycles. The van der Waals surface area contributed by atoms with Crippen LogP contribution in [-0.4, -0.2) is 13.5 Å². The highest BCUT2D eigenvalue weighted by molar-refractivity contribution is 5.51. The van der Waals surface area contributed by atoms with Crippen LogP contribution in [0.5, 0.6) is 0 Å². The maximum absolute atomic E-state index is 4.70. The van der Waals surface area contributed by atoms with Crippen LogP contribution in [0.1, 0.15) is 0 Å². The van der Waals surface area contributed by atoms with E-state index >= 15 is 0 Å². The van der Waals surface area contributed by atoms with E-state index in [1.807, 2.05) is 36.0 Å². The summed E-state index contributed by atoms with van der Waals surface area (Å²) in [5, 5.41) is 0. The highest BCUT2D eigenvalue weighted by Gasteiger charge is 1.99. The molecule has 0 bridgehead atoms. The first kappa shape index (κ1) is 7.72. The van der Waals surface area contributed by atoms with E-state index in [0.717, 1.165) is 5.82 Å². The third-order valence-corrected chi connectivity index (χ3v) is 1.32. The molecule has 1 aromatic rings. The minimum absolute atomic E-state index is 0.870. The Balaban J connectivity index is 2.86. The van der Waals surface area contributed by atoms with E-state index in [0.29, 0.717) is 0 Å². The van der Waals surface area contributed by atoms with Gasteiger partial charge in [0.2, 0.25) is 0 Å². The van der Waals surface area contributed by atoms with Gasteiger partial charge in [-0.3, -0.25) is 0 Å². The maximum Gasteiger partial charge on any atom is 0.326 e. The molecule has 0 N–H and O–H groups in total. The first-order valence-corrected chi connectivity index (χ1v) is 3.34. The zero-order valence-electron chi connectivity index (χ0n) is 6.69. The van der Waals surface area contributed by atoms with Crippen LogP contribution >= 0.6 is 0 Å². The fraction of sp³-hybridized carbons (Fsp3) is 0.250. The topological polar surface area (TPSA) is 25.5 Å². The van der Waals surface area contributed by atoms with E-state index in [1.165, 1.54) is 6.40 Å². The van der Waals surface area contributed by atoms with E-state index in [1.54, 1.807) is 7.11 Å². The van der Waals surface area contributed by atoms with Crippen LogP contribution in [0.4, 0.5) is 5.82 Å². The van der Waals surface area contributed by atoms with Crippen molar-refractivity contribution in [3.63, 3.8) is 0 Å². The summed E-state index contributed by atoms with van der Waals surface area (Å²) in [6.07, 6.45) is 3.34. The molecule has 0 aromatic carbocycles. The van der Waals surface area contributed by atoms with Gasteiger partial charge in [0, 0.05) is 6.07 Å². The van der Waals surface area contributed by atoms with Crippen molar-refractivity contribution in [3.05, 3.63) is 24.4 Å². The predicted octanol–water partition coefficient (Wildman–Crippen LogP) is 0.817. The van der Waals surface area contributed by atoms with Gasteiger partial charge >= 0.3 is 5.82 Å². The van der Waals surface area contributed by atoms with Crippen molar-refractivity contribution in [2.45, 2.75) is 0 Å². The van der Waals surface area contributed by atoms with Crippen LogP contribution in [0.3, 0.4) is 0 Å². The molecule has 0 radical (unpaired) electrons. The van der Waals surface area contributed by atoms with E-state index in [4.69, 9.17) is 4.74 Å². The summed E-state index contributed by atoms with van der Waals surface area (Å²) in [6, 6.07) is 5.80. The number of aryl methyl sites for hydroxylation is 1. The first-order valence-electron chi connectivity index (χ1n) is 3.34. The molecule has 0 saturated carbocycles. The van der Waals surface area contributed by atoms with Gasteiger partial charge in [-0.25, -0.2) is 4.57 Å². The third kappa shape index (κ3) is 2.04. The van der Waals surface area contributed by atoms with Gasteiger partial charge in [0.15, 0.2) is 0 Å². The lowest BCUT2D eigenvalue weighted by Crippen LogP contribution is -2.26. The molecule has 0 aliphatic carbocycles. The molecule has 0 saturated heterocycles. The molecule has 58 valence electrons. The van der Waals surface area contributed by atoms with E-state index in [-0.39, 0.29) is 0 Å². The number of methoxy groups -OCH3 is 1. The Morgan fingerprint density at radius 3 is 3.00 bits per heavy atom. The van der Waals surface area contributed by atoms with Crippen LogP contribution in [0, 0.1) is 0 Å². The molecule has 0 atom stereocenters. The average Bonchev–Trinajstić information content (AvgIpc) is 2.03. The largest absolute Gasteiger partial charge is 0.468 e. The number of rotatable bonds is 2. The number of aromatic nitrogens is 1. The molecule has 1 rings (SSSR count). The van der Waals surface area contributed by atoms with Crippen molar-refractivity contribution < 1.29 is 9.30 Å². The van der Waals surface area contributed by atoms with Gasteiger partial charge < -0.3 is 4.74 Å². The second-order valence-electron chi connectivity index (χ2n) is 2.14. The monoisotopic (exact) mass is 151 g/mol. The number of hydrogen-bond donors (Lipinski definition) is 0. The summed E-state index contributed by atoms with van der Waals surface area (Å²) in [5.41, 5.74) is 0. The second-order valence-corrected chi connectivity index (χ2v) is 2.14. The Bertz CT molecular complexity index is 258. The summed E-state index contributed by atoms with van der Waals surface area (Å²) >= 11 is 0. The lowest BCUT2D eigenvalue weighted by atomic mass is 10.4. The number of hydrogen-bond acceptors (Lipinski definition) is 2. The quantitative estimate of drug-likeness (QED) is 0.349. The highest BCUT2D eigenvalue weighted by Crippen LogP contribution is 2.00. The number of pyridine rings is 1. The van der Waals surface area contributed by atoms with Crippen LogP contribution in [0.2, 0.25) is 0 Å². The Kier molecular flexibility index (Phi) is 2.60. The highest BCUT2D eigenvalue weighted by atomic mass is 16.5. The minimum Gasteiger partial charge on any atom is -0.468 e. The summed E-state index contributed by atoms with van der Waals surface area (Å²) in [5.74, 6) is 0.870. The lowest BCUT2D eigenvalue weighted by molar-refractivity contribution is -0.658. The van der Waals surface area contributed by atoms with Crippen molar-refractivity contribution in [3.8, 4) is 0 Å². The van der Waals surface area contributed by atoms with Crippen molar-refractivity contribution in [2.24, 2.45) is 12.0 Å². The first-order chi connectivity index (χ1) is 5.34. The molecular formula is C8H11N2O+. The zero-order valence-corrected chi connectivity index (χ0v) is 6.69. The Morgan fingerprint density at radius 1 is 1.55 bits per heavy atom. The fourth-order valence-electron chi connectivity index (χ4n) is 0.755. The number of nitrogens with zero attached hydrogens (tertiary/aromatic N) is 2. The van der Waals surface area contributed by atoms with Gasteiger partial charge in [-0.1, -0.05) is 6.07 Å². The van der Waals surface area contributed by atoms with Crippen molar-refractivity contribution in [1.29, 1.82) is 0 Å². The SMILES string of the molecule is CO/C=N/c1cccc[n+]1C. The van der Waals surface area contributed by atoms with Crippen LogP contribution in [0.25, 0.3) is 0 Å².